The molecule has 7 heteroatoms. The second-order valence-electron chi connectivity index (χ2n) is 5.50. The van der Waals surface area contributed by atoms with Gasteiger partial charge in [0.1, 0.15) is 6.61 Å². The zero-order valence-electron chi connectivity index (χ0n) is 13.4. The molecule has 1 aliphatic heterocycles. The van der Waals surface area contributed by atoms with Gasteiger partial charge in [-0.15, -0.1) is 12.4 Å². The monoisotopic (exact) mass is 362 g/mol. The molecular formula is C16H24Cl2N2O3. The van der Waals surface area contributed by atoms with Crippen molar-refractivity contribution in [1.29, 1.82) is 0 Å². The standard InChI is InChI=1S/C16H23ClN2O3.ClH/c1-11-7-12(3-4-14(11)17)16-13(8-18-5-6-22-16)9-19-15(20)10-21-2;/h3-4,7,13,16,18H,5-6,8-10H2,1-2H3,(H,19,20);1H. The summed E-state index contributed by atoms with van der Waals surface area (Å²) >= 11 is 6.10. The quantitative estimate of drug-likeness (QED) is 0.841. The molecule has 1 amide bonds. The summed E-state index contributed by atoms with van der Waals surface area (Å²) in [6, 6.07) is 5.95. The fourth-order valence-corrected chi connectivity index (χ4v) is 2.73. The molecular weight excluding hydrogens is 339 g/mol. The molecule has 2 unspecified atom stereocenters. The molecule has 1 aliphatic rings. The highest BCUT2D eigenvalue weighted by molar-refractivity contribution is 6.31. The molecule has 0 spiro atoms. The number of carbonyl (C=O) groups excluding carboxylic acids is 1. The Labute approximate surface area is 148 Å². The van der Waals surface area contributed by atoms with Gasteiger partial charge in [-0.2, -0.15) is 0 Å². The number of nitrogens with one attached hydrogen (secondary N) is 2. The van der Waals surface area contributed by atoms with Gasteiger partial charge in [-0.25, -0.2) is 0 Å². The first kappa shape index (κ1) is 20.2. The average Bonchev–Trinajstić information content (AvgIpc) is 2.74. The fraction of sp³-hybridized carbons (Fsp3) is 0.562. The maximum atomic E-state index is 11.6. The predicted molar refractivity (Wildman–Crippen MR) is 93.4 cm³/mol. The molecule has 5 nitrogen and oxygen atoms in total. The van der Waals surface area contributed by atoms with Crippen molar-refractivity contribution >= 4 is 29.9 Å². The summed E-state index contributed by atoms with van der Waals surface area (Å²) in [5.41, 5.74) is 2.12. The number of benzene rings is 1. The second kappa shape index (κ2) is 10.1. The lowest BCUT2D eigenvalue weighted by atomic mass is 9.94. The molecule has 2 atom stereocenters. The van der Waals surface area contributed by atoms with Crippen molar-refractivity contribution in [1.82, 2.24) is 10.6 Å². The van der Waals surface area contributed by atoms with Crippen LogP contribution in [0, 0.1) is 12.8 Å². The molecule has 0 bridgehead atoms. The lowest BCUT2D eigenvalue weighted by Crippen LogP contribution is -2.37. The number of hydrogen-bond acceptors (Lipinski definition) is 4. The van der Waals surface area contributed by atoms with E-state index in [1.54, 1.807) is 0 Å². The first-order chi connectivity index (χ1) is 10.6. The normalized spacial score (nSPS) is 21.2. The van der Waals surface area contributed by atoms with Crippen LogP contribution >= 0.6 is 24.0 Å². The molecule has 2 N–H and O–H groups in total. The summed E-state index contributed by atoms with van der Waals surface area (Å²) in [5.74, 6) is 0.0432. The van der Waals surface area contributed by atoms with Crippen molar-refractivity contribution in [2.24, 2.45) is 5.92 Å². The van der Waals surface area contributed by atoms with Crippen LogP contribution in [0.4, 0.5) is 0 Å². The number of amides is 1. The molecule has 1 aromatic carbocycles. The number of methoxy groups -OCH3 is 1. The third-order valence-corrected chi connectivity index (χ3v) is 4.18. The smallest absolute Gasteiger partial charge is 0.245 e. The number of aryl methyl sites for hydroxylation is 1. The van der Waals surface area contributed by atoms with E-state index in [0.29, 0.717) is 13.2 Å². The molecule has 23 heavy (non-hydrogen) atoms. The molecule has 1 aromatic rings. The van der Waals surface area contributed by atoms with Crippen LogP contribution in [0.25, 0.3) is 0 Å². The van der Waals surface area contributed by atoms with Crippen LogP contribution in [0.5, 0.6) is 0 Å². The van der Waals surface area contributed by atoms with Gasteiger partial charge in [-0.05, 0) is 24.1 Å². The van der Waals surface area contributed by atoms with Gasteiger partial charge in [0.05, 0.1) is 12.7 Å². The number of hydrogen-bond donors (Lipinski definition) is 2. The maximum absolute atomic E-state index is 11.6. The van der Waals surface area contributed by atoms with Crippen molar-refractivity contribution in [2.45, 2.75) is 13.0 Å². The molecule has 1 saturated heterocycles. The van der Waals surface area contributed by atoms with E-state index in [4.69, 9.17) is 21.1 Å². The van der Waals surface area contributed by atoms with Crippen LogP contribution in [0.15, 0.2) is 18.2 Å². The minimum atomic E-state index is -0.113. The second-order valence-corrected chi connectivity index (χ2v) is 5.91. The van der Waals surface area contributed by atoms with Gasteiger partial charge in [-0.1, -0.05) is 23.7 Å². The average molecular weight is 363 g/mol. The van der Waals surface area contributed by atoms with Gasteiger partial charge in [0, 0.05) is 37.7 Å². The van der Waals surface area contributed by atoms with Crippen LogP contribution in [0.3, 0.4) is 0 Å². The highest BCUT2D eigenvalue weighted by Crippen LogP contribution is 2.29. The summed E-state index contributed by atoms with van der Waals surface area (Å²) in [6.45, 7) is 4.85. The Bertz CT molecular complexity index is 514. The van der Waals surface area contributed by atoms with Crippen molar-refractivity contribution < 1.29 is 14.3 Å². The minimum absolute atomic E-state index is 0. The lowest BCUT2D eigenvalue weighted by Gasteiger charge is -2.26. The molecule has 0 aromatic heterocycles. The van der Waals surface area contributed by atoms with Gasteiger partial charge in [0.2, 0.25) is 5.91 Å². The zero-order valence-corrected chi connectivity index (χ0v) is 15.0. The minimum Gasteiger partial charge on any atom is -0.375 e. The van der Waals surface area contributed by atoms with Crippen LogP contribution in [0.1, 0.15) is 17.2 Å². The van der Waals surface area contributed by atoms with Gasteiger partial charge < -0.3 is 20.1 Å². The van der Waals surface area contributed by atoms with E-state index >= 15 is 0 Å². The van der Waals surface area contributed by atoms with E-state index in [1.165, 1.54) is 7.11 Å². The predicted octanol–water partition coefficient (Wildman–Crippen LogP) is 2.11. The van der Waals surface area contributed by atoms with Gasteiger partial charge in [0.25, 0.3) is 0 Å². The van der Waals surface area contributed by atoms with Crippen LogP contribution in [0.2, 0.25) is 5.02 Å². The summed E-state index contributed by atoms with van der Waals surface area (Å²) in [6.07, 6.45) is -0.0613. The molecule has 0 aliphatic carbocycles. The summed E-state index contributed by atoms with van der Waals surface area (Å²) in [4.78, 5) is 11.6. The highest BCUT2D eigenvalue weighted by atomic mass is 35.5. The van der Waals surface area contributed by atoms with E-state index in [1.807, 2.05) is 19.1 Å². The topological polar surface area (TPSA) is 59.6 Å². The highest BCUT2D eigenvalue weighted by Gasteiger charge is 2.26. The first-order valence-corrected chi connectivity index (χ1v) is 7.83. The third-order valence-electron chi connectivity index (χ3n) is 3.76. The van der Waals surface area contributed by atoms with E-state index in [2.05, 4.69) is 16.7 Å². The molecule has 130 valence electrons. The first-order valence-electron chi connectivity index (χ1n) is 7.46. The van der Waals surface area contributed by atoms with E-state index in [9.17, 15) is 4.79 Å². The van der Waals surface area contributed by atoms with Gasteiger partial charge in [0.15, 0.2) is 0 Å². The molecule has 0 saturated carbocycles. The molecule has 0 radical (unpaired) electrons. The van der Waals surface area contributed by atoms with Crippen molar-refractivity contribution in [3.8, 4) is 0 Å². The molecule has 2 rings (SSSR count). The Morgan fingerprint density at radius 1 is 1.52 bits per heavy atom. The molecule has 1 heterocycles. The van der Waals surface area contributed by atoms with Crippen molar-refractivity contribution in [2.75, 3.05) is 40.0 Å². The zero-order chi connectivity index (χ0) is 15.9. The largest absolute Gasteiger partial charge is 0.375 e. The van der Waals surface area contributed by atoms with Gasteiger partial charge >= 0.3 is 0 Å². The van der Waals surface area contributed by atoms with E-state index < -0.39 is 0 Å². The Morgan fingerprint density at radius 2 is 2.30 bits per heavy atom. The Balaban J connectivity index is 0.00000264. The Morgan fingerprint density at radius 3 is 3.00 bits per heavy atom. The Hall–Kier alpha value is -0.850. The van der Waals surface area contributed by atoms with E-state index in [-0.39, 0.29) is 36.9 Å². The lowest BCUT2D eigenvalue weighted by molar-refractivity contribution is -0.125. The Kier molecular flexibility index (Phi) is 8.87. The number of carbonyl (C=O) groups is 1. The van der Waals surface area contributed by atoms with E-state index in [0.717, 1.165) is 29.2 Å². The SMILES string of the molecule is COCC(=O)NCC1CNCCOC1c1ccc(Cl)c(C)c1.Cl. The summed E-state index contributed by atoms with van der Waals surface area (Å²) in [5, 5.41) is 6.99. The van der Waals surface area contributed by atoms with Crippen LogP contribution < -0.4 is 10.6 Å². The number of halogens is 2. The van der Waals surface area contributed by atoms with Crippen LogP contribution in [-0.2, 0) is 14.3 Å². The maximum Gasteiger partial charge on any atom is 0.245 e. The summed E-state index contributed by atoms with van der Waals surface area (Å²) < 4.78 is 10.8. The van der Waals surface area contributed by atoms with Gasteiger partial charge in [-0.3, -0.25) is 4.79 Å². The number of ether oxygens (including phenoxy) is 2. The molecule has 1 fully saturated rings. The van der Waals surface area contributed by atoms with Crippen molar-refractivity contribution in [3.63, 3.8) is 0 Å². The number of rotatable bonds is 5. The third kappa shape index (κ3) is 5.94. The van der Waals surface area contributed by atoms with Crippen LogP contribution in [-0.4, -0.2) is 45.9 Å². The summed E-state index contributed by atoms with van der Waals surface area (Å²) in [7, 11) is 1.51. The van der Waals surface area contributed by atoms with Crippen molar-refractivity contribution in [3.05, 3.63) is 34.3 Å². The fourth-order valence-electron chi connectivity index (χ4n) is 2.61.